The van der Waals surface area contributed by atoms with E-state index in [0.717, 1.165) is 29.3 Å². The van der Waals surface area contributed by atoms with Gasteiger partial charge >= 0.3 is 0 Å². The fourth-order valence-corrected chi connectivity index (χ4v) is 4.85. The minimum Gasteiger partial charge on any atom is -0.361 e. The van der Waals surface area contributed by atoms with Gasteiger partial charge < -0.3 is 19.8 Å². The lowest BCUT2D eigenvalue weighted by atomic mass is 9.96. The van der Waals surface area contributed by atoms with Crippen LogP contribution in [0.3, 0.4) is 0 Å². The number of hydrogen-bond donors (Lipinski definition) is 2. The summed E-state index contributed by atoms with van der Waals surface area (Å²) in [5.41, 5.74) is 2.85. The molecular weight excluding hydrogens is 392 g/mol. The van der Waals surface area contributed by atoms with Gasteiger partial charge in [0.1, 0.15) is 5.56 Å². The average molecular weight is 418 g/mol. The molecule has 2 aromatic heterocycles. The number of para-hydroxylation sites is 1. The van der Waals surface area contributed by atoms with Crippen molar-refractivity contribution < 1.29 is 9.59 Å². The van der Waals surface area contributed by atoms with Gasteiger partial charge in [0.15, 0.2) is 0 Å². The topological polar surface area (TPSA) is 87.2 Å². The van der Waals surface area contributed by atoms with Crippen LogP contribution in [0.5, 0.6) is 0 Å². The first-order valence-electron chi connectivity index (χ1n) is 10.9. The lowest BCUT2D eigenvalue weighted by Crippen LogP contribution is -2.44. The molecule has 3 aromatic rings. The van der Waals surface area contributed by atoms with Crippen molar-refractivity contribution in [1.29, 1.82) is 0 Å². The van der Waals surface area contributed by atoms with Gasteiger partial charge in [-0.3, -0.25) is 14.4 Å². The smallest absolute Gasteiger partial charge is 0.263 e. The van der Waals surface area contributed by atoms with Crippen LogP contribution in [0, 0.1) is 12.8 Å². The van der Waals surface area contributed by atoms with Crippen LogP contribution >= 0.6 is 0 Å². The Balaban J connectivity index is 1.40. The number of aromatic amines is 1. The van der Waals surface area contributed by atoms with Gasteiger partial charge in [-0.1, -0.05) is 18.2 Å². The second-order valence-electron chi connectivity index (χ2n) is 8.67. The summed E-state index contributed by atoms with van der Waals surface area (Å²) in [6.07, 6.45) is 6.10. The molecule has 0 unspecified atom stereocenters. The molecule has 5 heterocycles. The Morgan fingerprint density at radius 2 is 1.97 bits per heavy atom. The van der Waals surface area contributed by atoms with Crippen LogP contribution in [-0.4, -0.2) is 45.4 Å². The molecule has 160 valence electrons. The average Bonchev–Trinajstić information content (AvgIpc) is 2.95. The normalized spacial score (nSPS) is 20.7. The van der Waals surface area contributed by atoms with Crippen LogP contribution in [-0.2, 0) is 17.8 Å². The molecule has 2 N–H and O–H groups in total. The zero-order chi connectivity index (χ0) is 21.5. The quantitative estimate of drug-likeness (QED) is 0.681. The zero-order valence-electron chi connectivity index (χ0n) is 17.6. The maximum Gasteiger partial charge on any atom is 0.263 e. The second kappa shape index (κ2) is 7.72. The van der Waals surface area contributed by atoms with Crippen LogP contribution in [0.1, 0.15) is 34.3 Å². The van der Waals surface area contributed by atoms with Crippen LogP contribution in [0.2, 0.25) is 0 Å². The number of carbonyl (C=O) groups excluding carboxylic acids is 2. The molecule has 3 aliphatic heterocycles. The molecule has 2 bridgehead atoms. The minimum absolute atomic E-state index is 0.0208. The number of carbonyl (C=O) groups is 2. The number of rotatable bonds is 4. The highest BCUT2D eigenvalue weighted by atomic mass is 16.2. The summed E-state index contributed by atoms with van der Waals surface area (Å²) in [6.45, 7) is 3.13. The Hall–Kier alpha value is -3.35. The van der Waals surface area contributed by atoms with E-state index in [4.69, 9.17) is 0 Å². The van der Waals surface area contributed by atoms with Gasteiger partial charge in [0.2, 0.25) is 5.91 Å². The molecule has 3 aliphatic rings. The third-order valence-corrected chi connectivity index (χ3v) is 6.63. The first kappa shape index (κ1) is 19.6. The first-order valence-corrected chi connectivity index (χ1v) is 10.9. The number of fused-ring (bicyclic) bond motifs is 5. The number of aromatic nitrogens is 2. The van der Waals surface area contributed by atoms with Gasteiger partial charge in [-0.2, -0.15) is 0 Å². The summed E-state index contributed by atoms with van der Waals surface area (Å²) in [5, 5.41) is 4.14. The highest BCUT2D eigenvalue weighted by Gasteiger charge is 2.37. The molecule has 31 heavy (non-hydrogen) atoms. The zero-order valence-corrected chi connectivity index (χ0v) is 17.6. The Morgan fingerprint density at radius 1 is 1.13 bits per heavy atom. The van der Waals surface area contributed by atoms with Crippen LogP contribution < -0.4 is 10.9 Å². The maximum atomic E-state index is 13.3. The van der Waals surface area contributed by atoms with Crippen molar-refractivity contribution in [2.24, 2.45) is 5.92 Å². The highest BCUT2D eigenvalue weighted by molar-refractivity contribution is 5.96. The van der Waals surface area contributed by atoms with E-state index < -0.39 is 0 Å². The summed E-state index contributed by atoms with van der Waals surface area (Å²) < 4.78 is 1.62. The molecule has 2 amide bonds. The van der Waals surface area contributed by atoms with Crippen molar-refractivity contribution in [2.45, 2.75) is 38.8 Å². The van der Waals surface area contributed by atoms with Gasteiger partial charge in [0.05, 0.1) is 5.92 Å². The molecule has 0 saturated carbocycles. The minimum atomic E-state index is -0.266. The Kier molecular flexibility index (Phi) is 4.88. The number of nitrogens with one attached hydrogen (secondary N) is 2. The number of piperidine rings is 1. The van der Waals surface area contributed by atoms with Gasteiger partial charge in [-0.05, 0) is 49.4 Å². The van der Waals surface area contributed by atoms with E-state index in [0.29, 0.717) is 31.6 Å². The van der Waals surface area contributed by atoms with Gasteiger partial charge in [-0.15, -0.1) is 0 Å². The van der Waals surface area contributed by atoms with Crippen molar-refractivity contribution in [3.8, 4) is 0 Å². The van der Waals surface area contributed by atoms with Crippen molar-refractivity contribution in [2.75, 3.05) is 13.1 Å². The molecule has 1 aromatic carbocycles. The van der Waals surface area contributed by atoms with E-state index in [1.54, 1.807) is 22.6 Å². The third-order valence-electron chi connectivity index (χ3n) is 6.63. The lowest BCUT2D eigenvalue weighted by molar-refractivity contribution is -0.126. The number of nitrogens with zero attached hydrogens (tertiary/aromatic N) is 2. The van der Waals surface area contributed by atoms with Gasteiger partial charge in [0.25, 0.3) is 11.5 Å². The Bertz CT molecular complexity index is 1230. The standard InChI is InChI=1S/C24H26N4O3/c1-15-8-10-27(11-9-16-12-25-20-5-3-2-4-19(16)20)23(30)21(15)24(31)28-13-17-6-7-18(14-28)26-22(17)29/h2-5,8,10,12,17-18,25H,6-7,9,11,13-14H2,1H3,(H,26,29)/t17-,18+/m1/s1. The van der Waals surface area contributed by atoms with Gasteiger partial charge in [-0.25, -0.2) is 0 Å². The molecule has 7 heteroatoms. The summed E-state index contributed by atoms with van der Waals surface area (Å²) in [5.74, 6) is -0.430. The lowest BCUT2D eigenvalue weighted by Gasteiger charge is -2.23. The van der Waals surface area contributed by atoms with E-state index in [2.05, 4.69) is 16.4 Å². The molecule has 7 nitrogen and oxygen atoms in total. The van der Waals surface area contributed by atoms with Crippen LogP contribution in [0.4, 0.5) is 0 Å². The number of hydrogen-bond acceptors (Lipinski definition) is 3. The third kappa shape index (κ3) is 3.54. The number of aryl methyl sites for hydroxylation is 3. The fourth-order valence-electron chi connectivity index (χ4n) is 4.85. The van der Waals surface area contributed by atoms with E-state index >= 15 is 0 Å². The predicted octanol–water partition coefficient (Wildman–Crippen LogP) is 2.23. The summed E-state index contributed by atoms with van der Waals surface area (Å²) >= 11 is 0. The predicted molar refractivity (Wildman–Crippen MR) is 118 cm³/mol. The summed E-state index contributed by atoms with van der Waals surface area (Å²) in [6, 6.07) is 9.90. The Labute approximate surface area is 180 Å². The monoisotopic (exact) mass is 418 g/mol. The van der Waals surface area contributed by atoms with E-state index in [1.807, 2.05) is 30.5 Å². The van der Waals surface area contributed by atoms with Crippen molar-refractivity contribution >= 4 is 22.7 Å². The molecule has 0 radical (unpaired) electrons. The molecule has 6 rings (SSSR count). The number of amides is 2. The highest BCUT2D eigenvalue weighted by Crippen LogP contribution is 2.24. The molecule has 2 atom stereocenters. The van der Waals surface area contributed by atoms with E-state index in [1.165, 1.54) is 0 Å². The molecule has 0 aliphatic carbocycles. The number of benzene rings is 1. The Morgan fingerprint density at radius 3 is 2.81 bits per heavy atom. The number of pyridine rings is 1. The molecular formula is C24H26N4O3. The summed E-state index contributed by atoms with van der Waals surface area (Å²) in [7, 11) is 0. The summed E-state index contributed by atoms with van der Waals surface area (Å²) in [4.78, 5) is 43.7. The molecule has 0 spiro atoms. The second-order valence-corrected chi connectivity index (χ2v) is 8.67. The maximum absolute atomic E-state index is 13.3. The fraction of sp³-hybridized carbons (Fsp3) is 0.375. The van der Waals surface area contributed by atoms with Crippen LogP contribution in [0.25, 0.3) is 10.9 Å². The van der Waals surface area contributed by atoms with Crippen molar-refractivity contribution in [3.05, 3.63) is 69.8 Å². The van der Waals surface area contributed by atoms with Crippen molar-refractivity contribution in [3.63, 3.8) is 0 Å². The SMILES string of the molecule is Cc1ccn(CCc2c[nH]c3ccccc23)c(=O)c1C(=O)N1C[C@@H]2CC[C@H](C1)C(=O)N2. The first-order chi connectivity index (χ1) is 15.0. The van der Waals surface area contributed by atoms with E-state index in [9.17, 15) is 14.4 Å². The number of H-pyrrole nitrogens is 1. The van der Waals surface area contributed by atoms with Gasteiger partial charge in [0, 0.05) is 49.0 Å². The molecule has 3 saturated heterocycles. The van der Waals surface area contributed by atoms with E-state index in [-0.39, 0.29) is 34.9 Å². The van der Waals surface area contributed by atoms with Crippen LogP contribution in [0.15, 0.2) is 47.5 Å². The largest absolute Gasteiger partial charge is 0.361 e. The molecule has 3 fully saturated rings. The van der Waals surface area contributed by atoms with Crippen molar-refractivity contribution in [1.82, 2.24) is 19.8 Å².